The van der Waals surface area contributed by atoms with Crippen LogP contribution in [0.25, 0.3) is 0 Å². The van der Waals surface area contributed by atoms with Crippen LogP contribution >= 0.6 is 23.1 Å². The molecule has 2 bridgehead atoms. The third-order valence-electron chi connectivity index (χ3n) is 6.23. The van der Waals surface area contributed by atoms with Gasteiger partial charge in [0, 0.05) is 35.8 Å². The standard InChI is InChI=1S/C19H22N2OS2/c1-21(2)13-7-5-10(6-8-13)14-15-11-3-4-12(9-11)16(15)23-18-17(14)24-19(22)20-18/h5-8,11-12,14-16H,3-4,9H2,1-2H3,(H,20,22)/t11-,12-,14+,15+,16-/m0/s1. The lowest BCUT2D eigenvalue weighted by atomic mass is 9.75. The first-order valence-corrected chi connectivity index (χ1v) is 10.5. The highest BCUT2D eigenvalue weighted by molar-refractivity contribution is 8.00. The summed E-state index contributed by atoms with van der Waals surface area (Å²) in [6.07, 6.45) is 4.16. The number of thioether (sulfide) groups is 1. The lowest BCUT2D eigenvalue weighted by Gasteiger charge is -2.40. The van der Waals surface area contributed by atoms with E-state index in [1.165, 1.54) is 46.7 Å². The molecule has 2 heterocycles. The Bertz CT molecular complexity index is 823. The Morgan fingerprint density at radius 2 is 1.88 bits per heavy atom. The summed E-state index contributed by atoms with van der Waals surface area (Å²) < 4.78 is 0. The van der Waals surface area contributed by atoms with Crippen molar-refractivity contribution in [2.45, 2.75) is 35.5 Å². The van der Waals surface area contributed by atoms with E-state index in [0.29, 0.717) is 17.1 Å². The van der Waals surface area contributed by atoms with Crippen LogP contribution in [0.1, 0.15) is 35.6 Å². The third kappa shape index (κ3) is 2.14. The molecule has 0 unspecified atom stereocenters. The molecule has 126 valence electrons. The number of nitrogens with one attached hydrogen (secondary N) is 1. The summed E-state index contributed by atoms with van der Waals surface area (Å²) in [6.45, 7) is 0. The maximum Gasteiger partial charge on any atom is 0.305 e. The van der Waals surface area contributed by atoms with Crippen molar-refractivity contribution in [2.75, 3.05) is 19.0 Å². The van der Waals surface area contributed by atoms with Crippen molar-refractivity contribution < 1.29 is 0 Å². The summed E-state index contributed by atoms with van der Waals surface area (Å²) >= 11 is 3.40. The molecular formula is C19H22N2OS2. The summed E-state index contributed by atoms with van der Waals surface area (Å²) in [4.78, 5) is 18.7. The number of aromatic amines is 1. The zero-order chi connectivity index (χ0) is 16.4. The smallest absolute Gasteiger partial charge is 0.305 e. The van der Waals surface area contributed by atoms with Gasteiger partial charge in [0.25, 0.3) is 0 Å². The summed E-state index contributed by atoms with van der Waals surface area (Å²) in [5, 5.41) is 1.85. The number of anilines is 1. The number of H-pyrrole nitrogens is 1. The van der Waals surface area contributed by atoms with E-state index in [1.54, 1.807) is 0 Å². The number of rotatable bonds is 2. The summed E-state index contributed by atoms with van der Waals surface area (Å²) in [5.74, 6) is 2.81. The molecule has 5 atom stereocenters. The second-order valence-electron chi connectivity index (χ2n) is 7.66. The lowest BCUT2D eigenvalue weighted by Crippen LogP contribution is -2.33. The largest absolute Gasteiger partial charge is 0.378 e. The van der Waals surface area contributed by atoms with Crippen LogP contribution in [0.15, 0.2) is 34.1 Å². The molecule has 24 heavy (non-hydrogen) atoms. The van der Waals surface area contributed by atoms with Crippen LogP contribution in [0.3, 0.4) is 0 Å². The number of benzene rings is 1. The molecule has 5 rings (SSSR count). The summed E-state index contributed by atoms with van der Waals surface area (Å²) in [7, 11) is 4.16. The second-order valence-corrected chi connectivity index (χ2v) is 9.87. The fraction of sp³-hybridized carbons (Fsp3) is 0.526. The predicted octanol–water partition coefficient (Wildman–Crippen LogP) is 4.15. The molecule has 0 amide bonds. The average Bonchev–Trinajstić information content (AvgIpc) is 3.26. The average molecular weight is 359 g/mol. The third-order valence-corrected chi connectivity index (χ3v) is 8.86. The summed E-state index contributed by atoms with van der Waals surface area (Å²) in [6, 6.07) is 9.00. The molecule has 1 aliphatic heterocycles. The lowest BCUT2D eigenvalue weighted by molar-refractivity contribution is 0.307. The van der Waals surface area contributed by atoms with Crippen LogP contribution in [0.2, 0.25) is 0 Å². The number of aromatic nitrogens is 1. The molecule has 1 aromatic heterocycles. The number of thiazole rings is 1. The van der Waals surface area contributed by atoms with Crippen LogP contribution in [-0.4, -0.2) is 24.3 Å². The predicted molar refractivity (Wildman–Crippen MR) is 102 cm³/mol. The first-order chi connectivity index (χ1) is 11.6. The Morgan fingerprint density at radius 3 is 2.62 bits per heavy atom. The van der Waals surface area contributed by atoms with Crippen LogP contribution < -0.4 is 9.77 Å². The minimum absolute atomic E-state index is 0.106. The fourth-order valence-electron chi connectivity index (χ4n) is 5.20. The second kappa shape index (κ2) is 5.40. The van der Waals surface area contributed by atoms with E-state index in [2.05, 4.69) is 48.2 Å². The maximum absolute atomic E-state index is 12.0. The minimum atomic E-state index is 0.106. The fourth-order valence-corrected chi connectivity index (χ4v) is 8.10. The number of nitrogens with zero attached hydrogens (tertiary/aromatic N) is 1. The maximum atomic E-state index is 12.0. The molecule has 1 aromatic carbocycles. The van der Waals surface area contributed by atoms with E-state index in [4.69, 9.17) is 0 Å². The van der Waals surface area contributed by atoms with Gasteiger partial charge < -0.3 is 9.88 Å². The zero-order valence-electron chi connectivity index (χ0n) is 14.0. The van der Waals surface area contributed by atoms with Gasteiger partial charge >= 0.3 is 4.87 Å². The quantitative estimate of drug-likeness (QED) is 0.876. The Labute approximate surface area is 150 Å². The van der Waals surface area contributed by atoms with E-state index < -0.39 is 0 Å². The van der Waals surface area contributed by atoms with Gasteiger partial charge in [0.2, 0.25) is 0 Å². The first-order valence-electron chi connectivity index (χ1n) is 8.79. The molecule has 2 aliphatic carbocycles. The minimum Gasteiger partial charge on any atom is -0.378 e. The van der Waals surface area contributed by atoms with Crippen LogP contribution in [0.4, 0.5) is 5.69 Å². The van der Waals surface area contributed by atoms with Gasteiger partial charge in [-0.3, -0.25) is 4.79 Å². The molecule has 3 aliphatic rings. The summed E-state index contributed by atoms with van der Waals surface area (Å²) in [5.41, 5.74) is 2.62. The van der Waals surface area contributed by atoms with Gasteiger partial charge in [-0.1, -0.05) is 23.5 Å². The molecular weight excluding hydrogens is 336 g/mol. The van der Waals surface area contributed by atoms with E-state index in [-0.39, 0.29) is 4.87 Å². The molecule has 2 saturated carbocycles. The monoisotopic (exact) mass is 358 g/mol. The van der Waals surface area contributed by atoms with Gasteiger partial charge in [-0.2, -0.15) is 0 Å². The molecule has 2 aromatic rings. The molecule has 0 saturated heterocycles. The van der Waals surface area contributed by atoms with E-state index in [1.807, 2.05) is 11.8 Å². The molecule has 3 nitrogen and oxygen atoms in total. The van der Waals surface area contributed by atoms with Crippen molar-refractivity contribution >= 4 is 28.8 Å². The number of hydrogen-bond donors (Lipinski definition) is 1. The number of hydrogen-bond acceptors (Lipinski definition) is 4. The van der Waals surface area contributed by atoms with Crippen LogP contribution in [0.5, 0.6) is 0 Å². The van der Waals surface area contributed by atoms with Gasteiger partial charge in [0.15, 0.2) is 0 Å². The van der Waals surface area contributed by atoms with Gasteiger partial charge in [0.1, 0.15) is 0 Å². The normalized spacial score (nSPS) is 33.3. The van der Waals surface area contributed by atoms with E-state index in [0.717, 1.165) is 16.9 Å². The van der Waals surface area contributed by atoms with Crippen LogP contribution in [-0.2, 0) is 0 Å². The van der Waals surface area contributed by atoms with Gasteiger partial charge in [-0.05, 0) is 54.7 Å². The Morgan fingerprint density at radius 1 is 1.12 bits per heavy atom. The number of fused-ring (bicyclic) bond motifs is 6. The highest BCUT2D eigenvalue weighted by Gasteiger charge is 2.54. The van der Waals surface area contributed by atoms with Crippen molar-refractivity contribution in [2.24, 2.45) is 17.8 Å². The van der Waals surface area contributed by atoms with Crippen molar-refractivity contribution in [1.82, 2.24) is 4.98 Å². The highest BCUT2D eigenvalue weighted by atomic mass is 32.2. The van der Waals surface area contributed by atoms with E-state index >= 15 is 0 Å². The van der Waals surface area contributed by atoms with Gasteiger partial charge in [-0.15, -0.1) is 11.8 Å². The Balaban J connectivity index is 1.62. The molecule has 0 spiro atoms. The zero-order valence-corrected chi connectivity index (χ0v) is 15.6. The van der Waals surface area contributed by atoms with Crippen LogP contribution in [0, 0.1) is 17.8 Å². The SMILES string of the molecule is CN(C)c1ccc([C@H]2c3sc(=O)[nH]c3S[C@H]3[C@H]4CC[C@@H](C4)[C@H]23)cc1. The van der Waals surface area contributed by atoms with Crippen molar-refractivity contribution in [3.63, 3.8) is 0 Å². The van der Waals surface area contributed by atoms with Crippen molar-refractivity contribution in [3.8, 4) is 0 Å². The molecule has 0 radical (unpaired) electrons. The highest BCUT2D eigenvalue weighted by Crippen LogP contribution is 2.63. The van der Waals surface area contributed by atoms with Crippen molar-refractivity contribution in [3.05, 3.63) is 44.4 Å². The van der Waals surface area contributed by atoms with Gasteiger partial charge in [-0.25, -0.2) is 0 Å². The molecule has 2 fully saturated rings. The Kier molecular flexibility index (Phi) is 3.39. The Hall–Kier alpha value is -1.20. The first kappa shape index (κ1) is 15.1. The molecule has 5 heteroatoms. The van der Waals surface area contributed by atoms with Crippen molar-refractivity contribution in [1.29, 1.82) is 0 Å². The molecule has 1 N–H and O–H groups in total. The van der Waals surface area contributed by atoms with E-state index in [9.17, 15) is 4.79 Å². The van der Waals surface area contributed by atoms with Gasteiger partial charge in [0.05, 0.1) is 5.03 Å². The topological polar surface area (TPSA) is 36.1 Å².